The second kappa shape index (κ2) is 3.68. The van der Waals surface area contributed by atoms with E-state index in [1.165, 1.54) is 0 Å². The van der Waals surface area contributed by atoms with E-state index < -0.39 is 5.97 Å². The number of aryl methyl sites for hydroxylation is 1. The van der Waals surface area contributed by atoms with E-state index in [2.05, 4.69) is 10.2 Å². The van der Waals surface area contributed by atoms with Crippen molar-refractivity contribution in [3.63, 3.8) is 0 Å². The number of rotatable bonds is 2. The number of nitrogens with one attached hydrogen (secondary N) is 1. The van der Waals surface area contributed by atoms with Gasteiger partial charge in [0.25, 0.3) is 0 Å². The van der Waals surface area contributed by atoms with E-state index in [1.807, 2.05) is 13.8 Å². The molecule has 1 aliphatic rings. The summed E-state index contributed by atoms with van der Waals surface area (Å²) in [4.78, 5) is 11.1. The molecule has 0 unspecified atom stereocenters. The minimum absolute atomic E-state index is 0.282. The molecule has 0 spiro atoms. The van der Waals surface area contributed by atoms with Crippen molar-refractivity contribution in [1.29, 1.82) is 0 Å². The van der Waals surface area contributed by atoms with Crippen molar-refractivity contribution < 1.29 is 9.90 Å². The highest BCUT2D eigenvalue weighted by atomic mass is 16.4. The van der Waals surface area contributed by atoms with Gasteiger partial charge in [0.1, 0.15) is 0 Å². The van der Waals surface area contributed by atoms with Crippen LogP contribution in [0.15, 0.2) is 0 Å². The summed E-state index contributed by atoms with van der Waals surface area (Å²) >= 11 is 0. The van der Waals surface area contributed by atoms with Crippen LogP contribution in [0.25, 0.3) is 0 Å². The molecule has 82 valence electrons. The summed E-state index contributed by atoms with van der Waals surface area (Å²) in [6, 6.07) is 0. The quantitative estimate of drug-likeness (QED) is 0.781. The molecule has 0 amide bonds. The van der Waals surface area contributed by atoms with Gasteiger partial charge in [-0.1, -0.05) is 13.8 Å². The predicted octanol–water partition coefficient (Wildman–Crippen LogP) is 2.04. The average Bonchev–Trinajstić information content (AvgIpc) is 2.60. The van der Waals surface area contributed by atoms with Crippen LogP contribution in [0.1, 0.15) is 55.5 Å². The van der Waals surface area contributed by atoms with Crippen molar-refractivity contribution in [3.05, 3.63) is 17.0 Å². The Kier molecular flexibility index (Phi) is 2.50. The summed E-state index contributed by atoms with van der Waals surface area (Å²) in [5.74, 6) is -0.797. The molecule has 15 heavy (non-hydrogen) atoms. The molecule has 0 bridgehead atoms. The largest absolute Gasteiger partial charge is 0.481 e. The van der Waals surface area contributed by atoms with Crippen molar-refractivity contribution >= 4 is 5.97 Å². The fourth-order valence-electron chi connectivity index (χ4n) is 2.30. The maximum absolute atomic E-state index is 11.1. The standard InChI is InChI=1S/C11H16N2O2/c1-6(2)10-9-7(11(14)15)4-3-5-8(9)12-13-10/h6-7H,3-5H2,1-2H3,(H,12,13)(H,14,15)/t7-/m1/s1. The van der Waals surface area contributed by atoms with E-state index in [0.29, 0.717) is 0 Å². The van der Waals surface area contributed by atoms with Crippen LogP contribution in [0.4, 0.5) is 0 Å². The van der Waals surface area contributed by atoms with Gasteiger partial charge in [0, 0.05) is 11.3 Å². The number of fused-ring (bicyclic) bond motifs is 1. The first-order chi connectivity index (χ1) is 7.11. The second-order valence-electron chi connectivity index (χ2n) is 4.44. The van der Waals surface area contributed by atoms with E-state index in [-0.39, 0.29) is 11.8 Å². The molecule has 1 aromatic heterocycles. The molecule has 1 heterocycles. The Morgan fingerprint density at radius 1 is 1.60 bits per heavy atom. The van der Waals surface area contributed by atoms with E-state index >= 15 is 0 Å². The number of aromatic nitrogens is 2. The van der Waals surface area contributed by atoms with E-state index in [1.54, 1.807) is 0 Å². The summed E-state index contributed by atoms with van der Waals surface area (Å²) in [7, 11) is 0. The molecule has 2 N–H and O–H groups in total. The molecule has 4 nitrogen and oxygen atoms in total. The van der Waals surface area contributed by atoms with Gasteiger partial charge in [-0.3, -0.25) is 9.89 Å². The van der Waals surface area contributed by atoms with Gasteiger partial charge in [-0.25, -0.2) is 0 Å². The first-order valence-electron chi connectivity index (χ1n) is 5.41. The number of carbonyl (C=O) groups is 1. The van der Waals surface area contributed by atoms with E-state index in [9.17, 15) is 4.79 Å². The predicted molar refractivity (Wildman–Crippen MR) is 56.0 cm³/mol. The lowest BCUT2D eigenvalue weighted by Gasteiger charge is -2.20. The van der Waals surface area contributed by atoms with E-state index in [4.69, 9.17) is 5.11 Å². The number of carboxylic acids is 1. The lowest BCUT2D eigenvalue weighted by atomic mass is 9.83. The third kappa shape index (κ3) is 1.64. The van der Waals surface area contributed by atoms with Gasteiger partial charge < -0.3 is 5.11 Å². The highest BCUT2D eigenvalue weighted by molar-refractivity contribution is 5.77. The van der Waals surface area contributed by atoms with Gasteiger partial charge >= 0.3 is 5.97 Å². The molecule has 0 fully saturated rings. The van der Waals surface area contributed by atoms with Gasteiger partial charge in [0.05, 0.1) is 11.6 Å². The van der Waals surface area contributed by atoms with Crippen LogP contribution in [0.5, 0.6) is 0 Å². The Balaban J connectivity index is 2.47. The fraction of sp³-hybridized carbons (Fsp3) is 0.636. The van der Waals surface area contributed by atoms with Crippen LogP contribution < -0.4 is 0 Å². The monoisotopic (exact) mass is 208 g/mol. The zero-order valence-electron chi connectivity index (χ0n) is 9.08. The summed E-state index contributed by atoms with van der Waals surface area (Å²) in [5.41, 5.74) is 2.90. The molecule has 1 aromatic rings. The van der Waals surface area contributed by atoms with Crippen molar-refractivity contribution in [3.8, 4) is 0 Å². The first kappa shape index (κ1) is 10.2. The number of aromatic amines is 1. The molecule has 1 atom stereocenters. The van der Waals surface area contributed by atoms with Crippen molar-refractivity contribution in [2.45, 2.75) is 44.9 Å². The van der Waals surface area contributed by atoms with Crippen LogP contribution in [0, 0.1) is 0 Å². The lowest BCUT2D eigenvalue weighted by Crippen LogP contribution is -2.18. The summed E-state index contributed by atoms with van der Waals surface area (Å²) in [5, 5.41) is 16.4. The Morgan fingerprint density at radius 3 is 2.93 bits per heavy atom. The van der Waals surface area contributed by atoms with Gasteiger partial charge in [-0.05, 0) is 25.2 Å². The molecular weight excluding hydrogens is 192 g/mol. The third-order valence-electron chi connectivity index (χ3n) is 3.03. The topological polar surface area (TPSA) is 66.0 Å². The molecule has 0 saturated heterocycles. The Morgan fingerprint density at radius 2 is 2.33 bits per heavy atom. The van der Waals surface area contributed by atoms with Gasteiger partial charge in [0.2, 0.25) is 0 Å². The number of hydrogen-bond acceptors (Lipinski definition) is 2. The van der Waals surface area contributed by atoms with Crippen molar-refractivity contribution in [2.75, 3.05) is 0 Å². The molecule has 1 aliphatic carbocycles. The normalized spacial score (nSPS) is 20.3. The average molecular weight is 208 g/mol. The van der Waals surface area contributed by atoms with Gasteiger partial charge in [0.15, 0.2) is 0 Å². The van der Waals surface area contributed by atoms with Crippen LogP contribution in [0.2, 0.25) is 0 Å². The van der Waals surface area contributed by atoms with Gasteiger partial charge in [-0.2, -0.15) is 5.10 Å². The zero-order chi connectivity index (χ0) is 11.0. The Labute approximate surface area is 88.7 Å². The Bertz CT molecular complexity index is 382. The maximum Gasteiger partial charge on any atom is 0.311 e. The first-order valence-corrected chi connectivity index (χ1v) is 5.41. The molecule has 0 aromatic carbocycles. The highest BCUT2D eigenvalue weighted by Gasteiger charge is 2.31. The molecule has 0 radical (unpaired) electrons. The molecule has 4 heteroatoms. The number of hydrogen-bond donors (Lipinski definition) is 2. The maximum atomic E-state index is 11.1. The van der Waals surface area contributed by atoms with Crippen LogP contribution >= 0.6 is 0 Å². The molecule has 0 saturated carbocycles. The molecule has 2 rings (SSSR count). The highest BCUT2D eigenvalue weighted by Crippen LogP contribution is 2.35. The minimum atomic E-state index is -0.723. The number of nitrogens with zero attached hydrogens (tertiary/aromatic N) is 1. The van der Waals surface area contributed by atoms with Crippen LogP contribution in [-0.2, 0) is 11.2 Å². The number of H-pyrrole nitrogens is 1. The molecular formula is C11H16N2O2. The van der Waals surface area contributed by atoms with Crippen molar-refractivity contribution in [1.82, 2.24) is 10.2 Å². The third-order valence-corrected chi connectivity index (χ3v) is 3.03. The Hall–Kier alpha value is -1.32. The van der Waals surface area contributed by atoms with Crippen LogP contribution in [0.3, 0.4) is 0 Å². The summed E-state index contributed by atoms with van der Waals surface area (Å²) in [6.45, 7) is 4.09. The van der Waals surface area contributed by atoms with E-state index in [0.717, 1.165) is 36.2 Å². The zero-order valence-corrected chi connectivity index (χ0v) is 9.08. The number of carboxylic acid groups (broad SMARTS) is 1. The van der Waals surface area contributed by atoms with Crippen LogP contribution in [-0.4, -0.2) is 21.3 Å². The SMILES string of the molecule is CC(C)c1n[nH]c2c1[C@H](C(=O)O)CCC2. The lowest BCUT2D eigenvalue weighted by molar-refractivity contribution is -0.139. The molecule has 0 aliphatic heterocycles. The second-order valence-corrected chi connectivity index (χ2v) is 4.44. The summed E-state index contributed by atoms with van der Waals surface area (Å²) < 4.78 is 0. The fourth-order valence-corrected chi connectivity index (χ4v) is 2.30. The van der Waals surface area contributed by atoms with Gasteiger partial charge in [-0.15, -0.1) is 0 Å². The minimum Gasteiger partial charge on any atom is -0.481 e. The summed E-state index contributed by atoms with van der Waals surface area (Å²) in [6.07, 6.45) is 2.60. The van der Waals surface area contributed by atoms with Crippen molar-refractivity contribution in [2.24, 2.45) is 0 Å². The smallest absolute Gasteiger partial charge is 0.311 e. The number of aliphatic carboxylic acids is 1.